The predicted octanol–water partition coefficient (Wildman–Crippen LogP) is 2.42. The van der Waals surface area contributed by atoms with Crippen molar-refractivity contribution in [2.45, 2.75) is 39.5 Å². The van der Waals surface area contributed by atoms with Gasteiger partial charge in [-0.15, -0.1) is 0 Å². The highest BCUT2D eigenvalue weighted by atomic mass is 14.9. The monoisotopic (exact) mass is 167 g/mol. The Morgan fingerprint density at radius 1 is 1.42 bits per heavy atom. The summed E-state index contributed by atoms with van der Waals surface area (Å²) in [6, 6.07) is 0. The Labute approximate surface area is 75.9 Å². The van der Waals surface area contributed by atoms with Crippen molar-refractivity contribution in [2.24, 2.45) is 17.3 Å². The molecule has 0 saturated heterocycles. The largest absolute Gasteiger partial charge is 0.316 e. The smallest absolute Gasteiger partial charge is 0.000780 e. The quantitative estimate of drug-likeness (QED) is 0.680. The Balaban J connectivity index is 1.93. The summed E-state index contributed by atoms with van der Waals surface area (Å²) in [7, 11) is 0. The maximum Gasteiger partial charge on any atom is 0.000780 e. The molecule has 2 saturated carbocycles. The summed E-state index contributed by atoms with van der Waals surface area (Å²) >= 11 is 0. The van der Waals surface area contributed by atoms with Crippen LogP contribution in [0.3, 0.4) is 0 Å². The summed E-state index contributed by atoms with van der Waals surface area (Å²) in [4.78, 5) is 0. The lowest BCUT2D eigenvalue weighted by Crippen LogP contribution is -2.36. The summed E-state index contributed by atoms with van der Waals surface area (Å²) in [5, 5.41) is 3.52. The van der Waals surface area contributed by atoms with Gasteiger partial charge in [0.1, 0.15) is 0 Å². The van der Waals surface area contributed by atoms with E-state index in [1.165, 1.54) is 32.2 Å². The number of nitrogens with one attached hydrogen (secondary N) is 1. The van der Waals surface area contributed by atoms with E-state index < -0.39 is 0 Å². The highest BCUT2D eigenvalue weighted by Crippen LogP contribution is 2.55. The van der Waals surface area contributed by atoms with Gasteiger partial charge in [0.15, 0.2) is 0 Å². The second-order valence-corrected chi connectivity index (χ2v) is 5.01. The number of hydrogen-bond donors (Lipinski definition) is 1. The highest BCUT2D eigenvalue weighted by molar-refractivity contribution is 4.98. The first-order chi connectivity index (χ1) is 5.74. The van der Waals surface area contributed by atoms with Gasteiger partial charge in [-0.05, 0) is 43.1 Å². The molecule has 1 nitrogen and oxygen atoms in total. The van der Waals surface area contributed by atoms with Crippen molar-refractivity contribution in [1.82, 2.24) is 5.32 Å². The van der Waals surface area contributed by atoms with E-state index in [0.717, 1.165) is 18.4 Å². The van der Waals surface area contributed by atoms with Gasteiger partial charge < -0.3 is 5.32 Å². The van der Waals surface area contributed by atoms with Crippen LogP contribution in [0, 0.1) is 17.3 Å². The fourth-order valence-electron chi connectivity index (χ4n) is 3.35. The summed E-state index contributed by atoms with van der Waals surface area (Å²) in [5.41, 5.74) is 0.652. The molecule has 3 atom stereocenters. The van der Waals surface area contributed by atoms with Crippen LogP contribution in [0.1, 0.15) is 39.5 Å². The van der Waals surface area contributed by atoms with Crippen LogP contribution in [-0.4, -0.2) is 13.1 Å². The summed E-state index contributed by atoms with van der Waals surface area (Å²) in [6.45, 7) is 7.08. The van der Waals surface area contributed by atoms with Crippen LogP contribution in [0.25, 0.3) is 0 Å². The van der Waals surface area contributed by atoms with E-state index in [2.05, 4.69) is 19.2 Å². The third-order valence-electron chi connectivity index (χ3n) is 4.06. The average molecular weight is 167 g/mol. The molecule has 2 fully saturated rings. The third kappa shape index (κ3) is 1.28. The minimum Gasteiger partial charge on any atom is -0.316 e. The molecular formula is C11H21N. The van der Waals surface area contributed by atoms with Gasteiger partial charge in [-0.2, -0.15) is 0 Å². The molecule has 2 rings (SSSR count). The van der Waals surface area contributed by atoms with Gasteiger partial charge in [0.2, 0.25) is 0 Å². The van der Waals surface area contributed by atoms with Crippen molar-refractivity contribution in [3.05, 3.63) is 0 Å². The molecule has 2 bridgehead atoms. The number of hydrogen-bond acceptors (Lipinski definition) is 1. The van der Waals surface area contributed by atoms with E-state index in [9.17, 15) is 0 Å². The number of rotatable bonds is 3. The predicted molar refractivity (Wildman–Crippen MR) is 52.1 cm³/mol. The minimum absolute atomic E-state index is 0.652. The van der Waals surface area contributed by atoms with Crippen molar-refractivity contribution < 1.29 is 0 Å². The van der Waals surface area contributed by atoms with Gasteiger partial charge in [0.25, 0.3) is 0 Å². The summed E-state index contributed by atoms with van der Waals surface area (Å²) in [5.74, 6) is 2.13. The Hall–Kier alpha value is -0.0400. The topological polar surface area (TPSA) is 12.0 Å². The van der Waals surface area contributed by atoms with Crippen LogP contribution in [0.4, 0.5) is 0 Å². The van der Waals surface area contributed by atoms with Crippen LogP contribution >= 0.6 is 0 Å². The Bertz CT molecular complexity index is 166. The SMILES string of the molecule is CCNCC1(C)CC2CCC1C2. The minimum atomic E-state index is 0.652. The van der Waals surface area contributed by atoms with Crippen LogP contribution in [0.5, 0.6) is 0 Å². The number of fused-ring (bicyclic) bond motifs is 2. The van der Waals surface area contributed by atoms with Crippen molar-refractivity contribution in [3.8, 4) is 0 Å². The molecule has 2 aliphatic carbocycles. The third-order valence-corrected chi connectivity index (χ3v) is 4.06. The van der Waals surface area contributed by atoms with E-state index in [1.54, 1.807) is 0 Å². The Morgan fingerprint density at radius 3 is 2.75 bits per heavy atom. The van der Waals surface area contributed by atoms with Gasteiger partial charge in [-0.1, -0.05) is 20.3 Å². The molecule has 0 radical (unpaired) electrons. The zero-order valence-corrected chi connectivity index (χ0v) is 8.40. The normalized spacial score (nSPS) is 45.5. The highest BCUT2D eigenvalue weighted by Gasteiger charge is 2.47. The molecule has 0 aromatic carbocycles. The Morgan fingerprint density at radius 2 is 2.25 bits per heavy atom. The molecule has 1 heteroatoms. The first kappa shape index (κ1) is 8.55. The first-order valence-electron chi connectivity index (χ1n) is 5.45. The van der Waals surface area contributed by atoms with E-state index in [4.69, 9.17) is 0 Å². The fraction of sp³-hybridized carbons (Fsp3) is 1.00. The van der Waals surface area contributed by atoms with Gasteiger partial charge in [0, 0.05) is 6.54 Å². The standard InChI is InChI=1S/C11H21N/c1-3-12-8-11(2)7-9-4-5-10(11)6-9/h9-10,12H,3-8H2,1-2H3. The van der Waals surface area contributed by atoms with E-state index in [-0.39, 0.29) is 0 Å². The van der Waals surface area contributed by atoms with E-state index >= 15 is 0 Å². The van der Waals surface area contributed by atoms with Gasteiger partial charge in [0.05, 0.1) is 0 Å². The van der Waals surface area contributed by atoms with Crippen LogP contribution in [0.15, 0.2) is 0 Å². The van der Waals surface area contributed by atoms with Crippen LogP contribution in [-0.2, 0) is 0 Å². The van der Waals surface area contributed by atoms with Crippen molar-refractivity contribution in [1.29, 1.82) is 0 Å². The molecule has 0 aromatic rings. The lowest BCUT2D eigenvalue weighted by atomic mass is 9.75. The first-order valence-corrected chi connectivity index (χ1v) is 5.45. The average Bonchev–Trinajstić information content (AvgIpc) is 2.60. The molecule has 0 heterocycles. The maximum atomic E-state index is 3.52. The lowest BCUT2D eigenvalue weighted by molar-refractivity contribution is 0.184. The molecule has 0 amide bonds. The zero-order valence-electron chi connectivity index (χ0n) is 8.40. The van der Waals surface area contributed by atoms with Crippen molar-refractivity contribution in [3.63, 3.8) is 0 Å². The summed E-state index contributed by atoms with van der Waals surface area (Å²) < 4.78 is 0. The van der Waals surface area contributed by atoms with Gasteiger partial charge in [-0.3, -0.25) is 0 Å². The fourth-order valence-corrected chi connectivity index (χ4v) is 3.35. The Kier molecular flexibility index (Phi) is 2.16. The van der Waals surface area contributed by atoms with Gasteiger partial charge >= 0.3 is 0 Å². The second kappa shape index (κ2) is 3.02. The summed E-state index contributed by atoms with van der Waals surface area (Å²) in [6.07, 6.45) is 6.05. The zero-order chi connectivity index (χ0) is 8.60. The van der Waals surface area contributed by atoms with E-state index in [1.807, 2.05) is 0 Å². The molecule has 12 heavy (non-hydrogen) atoms. The molecular weight excluding hydrogens is 146 g/mol. The lowest BCUT2D eigenvalue weighted by Gasteiger charge is -2.34. The molecule has 3 unspecified atom stereocenters. The maximum absolute atomic E-state index is 3.52. The molecule has 0 aliphatic heterocycles. The van der Waals surface area contributed by atoms with Crippen molar-refractivity contribution in [2.75, 3.05) is 13.1 Å². The molecule has 1 N–H and O–H groups in total. The van der Waals surface area contributed by atoms with Crippen LogP contribution < -0.4 is 5.32 Å². The molecule has 0 spiro atoms. The molecule has 70 valence electrons. The second-order valence-electron chi connectivity index (χ2n) is 5.01. The van der Waals surface area contributed by atoms with E-state index in [0.29, 0.717) is 5.41 Å². The van der Waals surface area contributed by atoms with Crippen molar-refractivity contribution >= 4 is 0 Å². The van der Waals surface area contributed by atoms with Crippen LogP contribution in [0.2, 0.25) is 0 Å². The molecule has 0 aromatic heterocycles. The molecule has 2 aliphatic rings. The van der Waals surface area contributed by atoms with Gasteiger partial charge in [-0.25, -0.2) is 0 Å².